The van der Waals surface area contributed by atoms with Crippen molar-refractivity contribution >= 4 is 0 Å². The van der Waals surface area contributed by atoms with Gasteiger partial charge in [-0.15, -0.1) is 0 Å². The van der Waals surface area contributed by atoms with Crippen molar-refractivity contribution < 1.29 is 4.74 Å². The van der Waals surface area contributed by atoms with Crippen LogP contribution in [0.3, 0.4) is 0 Å². The molecule has 0 aliphatic heterocycles. The number of ether oxygens (including phenoxy) is 1. The molecule has 0 radical (unpaired) electrons. The molecule has 1 heterocycles. The molecule has 1 aromatic heterocycles. The third kappa shape index (κ3) is 2.83. The lowest BCUT2D eigenvalue weighted by molar-refractivity contribution is 0.440. The van der Waals surface area contributed by atoms with E-state index in [1.165, 1.54) is 17.8 Å². The van der Waals surface area contributed by atoms with Gasteiger partial charge in [-0.3, -0.25) is 0 Å². The first-order valence-electron chi connectivity index (χ1n) is 5.70. The Hall–Kier alpha value is -2.41. The molecule has 2 aromatic rings. The second-order valence-corrected chi connectivity index (χ2v) is 4.17. The molecule has 18 heavy (non-hydrogen) atoms. The largest absolute Gasteiger partial charge is 0.424 e. The van der Waals surface area contributed by atoms with Crippen LogP contribution in [-0.4, -0.2) is 9.97 Å². The number of benzene rings is 1. The summed E-state index contributed by atoms with van der Waals surface area (Å²) in [6.45, 7) is 4.23. The lowest BCUT2D eigenvalue weighted by Crippen LogP contribution is -1.94. The highest BCUT2D eigenvalue weighted by atomic mass is 16.5. The van der Waals surface area contributed by atoms with Gasteiger partial charge in [0.25, 0.3) is 0 Å². The molecule has 0 N–H and O–H groups in total. The molecule has 0 spiro atoms. The van der Waals surface area contributed by atoms with Gasteiger partial charge in [0.1, 0.15) is 17.5 Å². The SMILES string of the molecule is CC(C)c1cccc(Oc2nccc(C#N)n2)c1. The van der Waals surface area contributed by atoms with Crippen molar-refractivity contribution in [3.8, 4) is 17.8 Å². The Bertz CT molecular complexity index is 588. The van der Waals surface area contributed by atoms with E-state index in [9.17, 15) is 0 Å². The van der Waals surface area contributed by atoms with Gasteiger partial charge in [0.05, 0.1) is 0 Å². The zero-order valence-corrected chi connectivity index (χ0v) is 10.3. The zero-order chi connectivity index (χ0) is 13.0. The van der Waals surface area contributed by atoms with Crippen molar-refractivity contribution in [3.63, 3.8) is 0 Å². The first-order chi connectivity index (χ1) is 8.69. The lowest BCUT2D eigenvalue weighted by Gasteiger charge is -2.08. The zero-order valence-electron chi connectivity index (χ0n) is 10.3. The van der Waals surface area contributed by atoms with Crippen LogP contribution in [0.25, 0.3) is 0 Å². The first-order valence-corrected chi connectivity index (χ1v) is 5.70. The molecule has 0 amide bonds. The van der Waals surface area contributed by atoms with Gasteiger partial charge >= 0.3 is 6.01 Å². The van der Waals surface area contributed by atoms with Gasteiger partial charge < -0.3 is 4.74 Å². The van der Waals surface area contributed by atoms with Gasteiger partial charge in [-0.25, -0.2) is 4.98 Å². The van der Waals surface area contributed by atoms with E-state index >= 15 is 0 Å². The Morgan fingerprint density at radius 2 is 2.11 bits per heavy atom. The average molecular weight is 239 g/mol. The summed E-state index contributed by atoms with van der Waals surface area (Å²) < 4.78 is 5.54. The summed E-state index contributed by atoms with van der Waals surface area (Å²) in [4.78, 5) is 7.94. The summed E-state index contributed by atoms with van der Waals surface area (Å²) in [6.07, 6.45) is 1.51. The van der Waals surface area contributed by atoms with Crippen LogP contribution in [0.2, 0.25) is 0 Å². The van der Waals surface area contributed by atoms with Gasteiger partial charge in [0, 0.05) is 6.20 Å². The molecule has 0 aliphatic rings. The molecule has 0 fully saturated rings. The minimum Gasteiger partial charge on any atom is -0.424 e. The van der Waals surface area contributed by atoms with E-state index in [1.54, 1.807) is 0 Å². The van der Waals surface area contributed by atoms with Crippen LogP contribution in [0.5, 0.6) is 11.8 Å². The smallest absolute Gasteiger partial charge is 0.323 e. The summed E-state index contributed by atoms with van der Waals surface area (Å²) in [7, 11) is 0. The highest BCUT2D eigenvalue weighted by molar-refractivity contribution is 5.32. The van der Waals surface area contributed by atoms with Crippen LogP contribution < -0.4 is 4.74 Å². The summed E-state index contributed by atoms with van der Waals surface area (Å²) >= 11 is 0. The van der Waals surface area contributed by atoms with E-state index in [-0.39, 0.29) is 6.01 Å². The minimum atomic E-state index is 0.190. The molecular formula is C14H13N3O. The van der Waals surface area contributed by atoms with E-state index in [0.29, 0.717) is 17.4 Å². The molecule has 0 saturated carbocycles. The van der Waals surface area contributed by atoms with Gasteiger partial charge in [0.2, 0.25) is 0 Å². The van der Waals surface area contributed by atoms with E-state index < -0.39 is 0 Å². The van der Waals surface area contributed by atoms with E-state index in [1.807, 2.05) is 30.3 Å². The van der Waals surface area contributed by atoms with Crippen LogP contribution in [0.4, 0.5) is 0 Å². The topological polar surface area (TPSA) is 58.8 Å². The Labute approximate surface area is 106 Å². The molecular weight excluding hydrogens is 226 g/mol. The Morgan fingerprint density at radius 3 is 2.83 bits per heavy atom. The molecule has 0 bridgehead atoms. The summed E-state index contributed by atoms with van der Waals surface area (Å²) in [5, 5.41) is 8.75. The van der Waals surface area contributed by atoms with Crippen molar-refractivity contribution in [2.24, 2.45) is 0 Å². The van der Waals surface area contributed by atoms with Crippen molar-refractivity contribution in [3.05, 3.63) is 47.8 Å². The summed E-state index contributed by atoms with van der Waals surface area (Å²) in [5.74, 6) is 1.11. The average Bonchev–Trinajstić information content (AvgIpc) is 2.39. The molecule has 0 saturated heterocycles. The highest BCUT2D eigenvalue weighted by Gasteiger charge is 2.04. The van der Waals surface area contributed by atoms with Gasteiger partial charge in [-0.2, -0.15) is 10.2 Å². The minimum absolute atomic E-state index is 0.190. The molecule has 0 aliphatic carbocycles. The van der Waals surface area contributed by atoms with Crippen molar-refractivity contribution in [2.45, 2.75) is 19.8 Å². The molecule has 2 rings (SSSR count). The van der Waals surface area contributed by atoms with Crippen molar-refractivity contribution in [1.82, 2.24) is 9.97 Å². The molecule has 1 aromatic carbocycles. The fourth-order valence-electron chi connectivity index (χ4n) is 1.49. The Morgan fingerprint density at radius 1 is 1.28 bits per heavy atom. The van der Waals surface area contributed by atoms with Crippen molar-refractivity contribution in [1.29, 1.82) is 5.26 Å². The number of hydrogen-bond acceptors (Lipinski definition) is 4. The molecule has 90 valence electrons. The molecule has 4 nitrogen and oxygen atoms in total. The number of nitrogens with zero attached hydrogens (tertiary/aromatic N) is 3. The van der Waals surface area contributed by atoms with Gasteiger partial charge in [0.15, 0.2) is 0 Å². The second-order valence-electron chi connectivity index (χ2n) is 4.17. The second kappa shape index (κ2) is 5.28. The molecule has 0 atom stereocenters. The van der Waals surface area contributed by atoms with Crippen LogP contribution in [-0.2, 0) is 0 Å². The monoisotopic (exact) mass is 239 g/mol. The summed E-state index contributed by atoms with van der Waals surface area (Å²) in [5.41, 5.74) is 1.48. The maximum atomic E-state index is 8.75. The van der Waals surface area contributed by atoms with Gasteiger partial charge in [-0.05, 0) is 29.7 Å². The highest BCUT2D eigenvalue weighted by Crippen LogP contribution is 2.23. The predicted molar refractivity (Wildman–Crippen MR) is 67.4 cm³/mol. The molecule has 0 unspecified atom stereocenters. The van der Waals surface area contributed by atoms with Gasteiger partial charge in [-0.1, -0.05) is 26.0 Å². The fraction of sp³-hybridized carbons (Fsp3) is 0.214. The third-order valence-electron chi connectivity index (χ3n) is 2.48. The lowest BCUT2D eigenvalue weighted by atomic mass is 10.0. The van der Waals surface area contributed by atoms with Crippen LogP contribution in [0, 0.1) is 11.3 Å². The predicted octanol–water partition coefficient (Wildman–Crippen LogP) is 3.26. The first kappa shape index (κ1) is 12.1. The van der Waals surface area contributed by atoms with Crippen LogP contribution in [0.15, 0.2) is 36.5 Å². The quantitative estimate of drug-likeness (QED) is 0.824. The summed E-state index contributed by atoms with van der Waals surface area (Å²) in [6, 6.07) is 11.4. The Kier molecular flexibility index (Phi) is 3.54. The third-order valence-corrected chi connectivity index (χ3v) is 2.48. The number of nitriles is 1. The number of hydrogen-bond donors (Lipinski definition) is 0. The maximum absolute atomic E-state index is 8.75. The standard InChI is InChI=1S/C14H13N3O/c1-10(2)11-4-3-5-13(8-11)18-14-16-7-6-12(9-15)17-14/h3-8,10H,1-2H3. The van der Waals surface area contributed by atoms with E-state index in [2.05, 4.69) is 23.8 Å². The maximum Gasteiger partial charge on any atom is 0.323 e. The fourth-order valence-corrected chi connectivity index (χ4v) is 1.49. The number of rotatable bonds is 3. The van der Waals surface area contributed by atoms with Crippen LogP contribution in [0.1, 0.15) is 31.0 Å². The molecule has 4 heteroatoms. The number of aromatic nitrogens is 2. The van der Waals surface area contributed by atoms with Crippen LogP contribution >= 0.6 is 0 Å². The van der Waals surface area contributed by atoms with Crippen molar-refractivity contribution in [2.75, 3.05) is 0 Å². The van der Waals surface area contributed by atoms with E-state index in [4.69, 9.17) is 10.00 Å². The Balaban J connectivity index is 2.23. The van der Waals surface area contributed by atoms with E-state index in [0.717, 1.165) is 0 Å². The normalized spacial score (nSPS) is 10.1.